The average Bonchev–Trinajstić information content (AvgIpc) is 2.27. The number of aliphatic hydroxyl groups is 3. The molecule has 0 aliphatic rings. The Morgan fingerprint density at radius 1 is 0.947 bits per heavy atom. The fourth-order valence-electron chi connectivity index (χ4n) is 0.315. The molecule has 9 nitrogen and oxygen atoms in total. The molecule has 3 N–H and O–H groups in total. The van der Waals surface area contributed by atoms with E-state index in [9.17, 15) is 29.7 Å². The van der Waals surface area contributed by atoms with Crippen LogP contribution >= 0.6 is 0 Å². The number of carbonyl (C=O) groups is 3. The Morgan fingerprint density at radius 3 is 1.37 bits per heavy atom. The molecule has 0 aromatic rings. The molecule has 0 radical (unpaired) electrons. The molecule has 0 heterocycles. The monoisotopic (exact) mass is 281 g/mol. The van der Waals surface area contributed by atoms with Crippen LogP contribution in [-0.2, 0) is 14.4 Å². The van der Waals surface area contributed by atoms with Gasteiger partial charge in [-0.1, -0.05) is 0 Å². The van der Waals surface area contributed by atoms with Gasteiger partial charge in [-0.25, -0.2) is 0 Å². The van der Waals surface area contributed by atoms with Crippen LogP contribution in [0.4, 0.5) is 0 Å². The van der Waals surface area contributed by atoms with Crippen molar-refractivity contribution in [2.45, 2.75) is 32.3 Å². The molecule has 0 spiro atoms. The molecule has 1 unspecified atom stereocenters. The van der Waals surface area contributed by atoms with Crippen LogP contribution in [0.1, 0.15) is 26.2 Å². The lowest BCUT2D eigenvalue weighted by Gasteiger charge is -2.00. The predicted molar refractivity (Wildman–Crippen MR) is 54.7 cm³/mol. The van der Waals surface area contributed by atoms with E-state index in [2.05, 4.69) is 0 Å². The van der Waals surface area contributed by atoms with Gasteiger partial charge in [0.1, 0.15) is 0 Å². The minimum absolute atomic E-state index is 0.0451. The first kappa shape index (κ1) is 22.5. The van der Waals surface area contributed by atoms with Gasteiger partial charge < -0.3 is 45.0 Å². The summed E-state index contributed by atoms with van der Waals surface area (Å²) in [5.41, 5.74) is 0. The number of carboxylic acids is 3. The summed E-state index contributed by atoms with van der Waals surface area (Å²) >= 11 is 0. The topological polar surface area (TPSA) is 181 Å². The van der Waals surface area contributed by atoms with E-state index < -0.39 is 24.0 Å². The summed E-state index contributed by atoms with van der Waals surface area (Å²) in [5.74, 6) is -3.75. The molecule has 0 aromatic carbocycles. The van der Waals surface area contributed by atoms with Gasteiger partial charge in [0.15, 0.2) is 0 Å². The van der Waals surface area contributed by atoms with Crippen molar-refractivity contribution in [3.05, 3.63) is 0 Å². The Kier molecular flexibility index (Phi) is 19.3. The van der Waals surface area contributed by atoms with Gasteiger partial charge in [-0.15, -0.1) is 0 Å². The van der Waals surface area contributed by atoms with Gasteiger partial charge in [-0.05, 0) is 19.8 Å². The number of hydrogen-bond acceptors (Lipinski definition) is 9. The molecular weight excluding hydrogens is 264 g/mol. The molecule has 0 amide bonds. The van der Waals surface area contributed by atoms with Gasteiger partial charge in [0.2, 0.25) is 0 Å². The van der Waals surface area contributed by atoms with Crippen LogP contribution in [0.5, 0.6) is 0 Å². The number of carbonyl (C=O) groups excluding carboxylic acids is 3. The van der Waals surface area contributed by atoms with Gasteiger partial charge in [0.25, 0.3) is 0 Å². The molecule has 0 fully saturated rings. The molecule has 0 aromatic heterocycles. The van der Waals surface area contributed by atoms with E-state index in [0.29, 0.717) is 6.42 Å². The van der Waals surface area contributed by atoms with Crippen LogP contribution in [0.15, 0.2) is 0 Å². The van der Waals surface area contributed by atoms with Crippen molar-refractivity contribution in [3.8, 4) is 0 Å². The quantitative estimate of drug-likeness (QED) is 0.428. The SMILES string of the molecule is CC(O)C(=O)[O-].O=C([O-])CCCO.O=C([O-])CCO. The molecule has 0 bridgehead atoms. The molecule has 19 heavy (non-hydrogen) atoms. The van der Waals surface area contributed by atoms with Crippen molar-refractivity contribution in [2.75, 3.05) is 13.2 Å². The van der Waals surface area contributed by atoms with Gasteiger partial charge in [0.05, 0.1) is 12.1 Å². The highest BCUT2D eigenvalue weighted by Gasteiger charge is 1.89. The number of aliphatic carboxylic acids is 3. The summed E-state index contributed by atoms with van der Waals surface area (Å²) in [6.45, 7) is 0.728. The van der Waals surface area contributed by atoms with Crippen molar-refractivity contribution >= 4 is 17.9 Å². The third-order valence-corrected chi connectivity index (χ3v) is 1.20. The van der Waals surface area contributed by atoms with Gasteiger partial charge >= 0.3 is 0 Å². The number of carboxylic acid groups (broad SMARTS) is 3. The summed E-state index contributed by atoms with van der Waals surface area (Å²) < 4.78 is 0. The minimum Gasteiger partial charge on any atom is -0.550 e. The summed E-state index contributed by atoms with van der Waals surface area (Å²) in [4.78, 5) is 28.2. The third kappa shape index (κ3) is 38.5. The van der Waals surface area contributed by atoms with E-state index in [-0.39, 0.29) is 26.1 Å². The third-order valence-electron chi connectivity index (χ3n) is 1.20. The second kappa shape index (κ2) is 16.3. The van der Waals surface area contributed by atoms with Crippen molar-refractivity contribution in [3.63, 3.8) is 0 Å². The van der Waals surface area contributed by atoms with E-state index >= 15 is 0 Å². The Hall–Kier alpha value is -1.71. The summed E-state index contributed by atoms with van der Waals surface area (Å²) in [5, 5.41) is 52.0. The van der Waals surface area contributed by atoms with E-state index in [4.69, 9.17) is 15.3 Å². The van der Waals surface area contributed by atoms with E-state index in [1.54, 1.807) is 0 Å². The molecular formula is C10H17O9-3. The fourth-order valence-corrected chi connectivity index (χ4v) is 0.315. The summed E-state index contributed by atoms with van der Waals surface area (Å²) in [6, 6.07) is 0. The second-order valence-electron chi connectivity index (χ2n) is 3.04. The van der Waals surface area contributed by atoms with Crippen LogP contribution in [0.3, 0.4) is 0 Å². The van der Waals surface area contributed by atoms with Crippen LogP contribution in [-0.4, -0.2) is 52.5 Å². The van der Waals surface area contributed by atoms with Crippen molar-refractivity contribution in [2.24, 2.45) is 0 Å². The fraction of sp³-hybridized carbons (Fsp3) is 0.700. The first-order valence-corrected chi connectivity index (χ1v) is 5.19. The minimum atomic E-state index is -1.44. The maximum atomic E-state index is 9.54. The Morgan fingerprint density at radius 2 is 1.32 bits per heavy atom. The molecule has 0 rings (SSSR count). The number of rotatable bonds is 6. The van der Waals surface area contributed by atoms with Crippen LogP contribution in [0.25, 0.3) is 0 Å². The van der Waals surface area contributed by atoms with Crippen LogP contribution < -0.4 is 15.3 Å². The molecule has 0 saturated heterocycles. The van der Waals surface area contributed by atoms with Gasteiger partial charge in [-0.3, -0.25) is 0 Å². The van der Waals surface area contributed by atoms with E-state index in [1.807, 2.05) is 0 Å². The Bertz CT molecular complexity index is 249. The molecule has 0 aliphatic heterocycles. The standard InChI is InChI=1S/C4H8O3.2C3H6O3/c5-3-1-2-4(6)7;1-2(4)3(5)6;4-2-1-3(5)6/h5H,1-3H2,(H,6,7);2,4H,1H3,(H,5,6);4H,1-2H2,(H,5,6)/p-3. The largest absolute Gasteiger partial charge is 0.550 e. The lowest BCUT2D eigenvalue weighted by Crippen LogP contribution is -2.32. The molecule has 0 saturated carbocycles. The summed E-state index contributed by atoms with van der Waals surface area (Å²) in [7, 11) is 0. The highest BCUT2D eigenvalue weighted by atomic mass is 16.4. The second-order valence-corrected chi connectivity index (χ2v) is 3.04. The smallest absolute Gasteiger partial charge is 0.0905 e. The van der Waals surface area contributed by atoms with E-state index in [0.717, 1.165) is 6.92 Å². The normalized spacial score (nSPS) is 10.1. The van der Waals surface area contributed by atoms with Gasteiger partial charge in [0, 0.05) is 31.6 Å². The predicted octanol–water partition coefficient (Wildman–Crippen LogP) is -5.26. The zero-order chi connectivity index (χ0) is 15.8. The highest BCUT2D eigenvalue weighted by molar-refractivity contribution is 5.68. The summed E-state index contributed by atoms with van der Waals surface area (Å²) in [6.07, 6.45) is -1.36. The number of aliphatic hydroxyl groups excluding tert-OH is 3. The van der Waals surface area contributed by atoms with Crippen molar-refractivity contribution < 1.29 is 45.0 Å². The lowest BCUT2D eigenvalue weighted by molar-refractivity contribution is -0.314. The maximum absolute atomic E-state index is 9.54. The lowest BCUT2D eigenvalue weighted by atomic mass is 10.3. The molecule has 114 valence electrons. The average molecular weight is 281 g/mol. The highest BCUT2D eigenvalue weighted by Crippen LogP contribution is 1.81. The zero-order valence-corrected chi connectivity index (χ0v) is 10.4. The Balaban J connectivity index is -0.000000203. The van der Waals surface area contributed by atoms with Crippen molar-refractivity contribution in [1.82, 2.24) is 0 Å². The van der Waals surface area contributed by atoms with Crippen molar-refractivity contribution in [1.29, 1.82) is 0 Å². The molecule has 0 aliphatic carbocycles. The molecule has 9 heteroatoms. The molecule has 1 atom stereocenters. The zero-order valence-electron chi connectivity index (χ0n) is 10.4. The van der Waals surface area contributed by atoms with Crippen LogP contribution in [0.2, 0.25) is 0 Å². The Labute approximate surface area is 109 Å². The number of hydrogen-bond donors (Lipinski definition) is 3. The first-order chi connectivity index (χ1) is 8.68. The van der Waals surface area contributed by atoms with E-state index in [1.165, 1.54) is 0 Å². The maximum Gasteiger partial charge on any atom is 0.0905 e. The first-order valence-electron chi connectivity index (χ1n) is 5.19. The van der Waals surface area contributed by atoms with Crippen LogP contribution in [0, 0.1) is 0 Å². The van der Waals surface area contributed by atoms with Gasteiger partial charge in [-0.2, -0.15) is 0 Å².